The number of carbonyl (C=O) groups excluding carboxylic acids is 2. The fourth-order valence-electron chi connectivity index (χ4n) is 2.80. The topological polar surface area (TPSA) is 76.0 Å². The zero-order valence-electron chi connectivity index (χ0n) is 14.0. The van der Waals surface area contributed by atoms with Crippen molar-refractivity contribution in [1.29, 1.82) is 0 Å². The smallest absolute Gasteiger partial charge is 0.263 e. The van der Waals surface area contributed by atoms with Gasteiger partial charge < -0.3 is 0 Å². The van der Waals surface area contributed by atoms with Gasteiger partial charge in [0.05, 0.1) is 17.1 Å². The molecule has 0 saturated carbocycles. The van der Waals surface area contributed by atoms with E-state index in [-0.39, 0.29) is 10.7 Å². The standard InChI is InChI=1S/C20H14N4O2S/c25-18-16(19(26)22-20(27)21-18)11-14-12-17(13-7-3-1-4-8-13)24(23-14)15-9-5-2-6-10-15/h1-12H,(H2,21,22,25,26,27). The molecule has 0 bridgehead atoms. The fourth-order valence-corrected chi connectivity index (χ4v) is 2.99. The lowest BCUT2D eigenvalue weighted by Crippen LogP contribution is -2.51. The summed E-state index contributed by atoms with van der Waals surface area (Å²) in [6, 6.07) is 21.3. The lowest BCUT2D eigenvalue weighted by molar-refractivity contribution is -0.123. The van der Waals surface area contributed by atoms with Crippen LogP contribution in [0.25, 0.3) is 23.0 Å². The molecule has 1 aromatic heterocycles. The van der Waals surface area contributed by atoms with E-state index in [9.17, 15) is 9.59 Å². The summed E-state index contributed by atoms with van der Waals surface area (Å²) < 4.78 is 1.78. The molecule has 1 fully saturated rings. The number of nitrogens with one attached hydrogen (secondary N) is 2. The van der Waals surface area contributed by atoms with Gasteiger partial charge in [-0.3, -0.25) is 20.2 Å². The molecule has 0 radical (unpaired) electrons. The molecule has 7 heteroatoms. The highest BCUT2D eigenvalue weighted by atomic mass is 32.1. The Labute approximate surface area is 160 Å². The zero-order valence-corrected chi connectivity index (χ0v) is 14.9. The first-order valence-electron chi connectivity index (χ1n) is 8.21. The van der Waals surface area contributed by atoms with Crippen molar-refractivity contribution in [3.8, 4) is 16.9 Å². The van der Waals surface area contributed by atoms with Gasteiger partial charge in [-0.25, -0.2) is 4.68 Å². The van der Waals surface area contributed by atoms with Crippen LogP contribution in [0.5, 0.6) is 0 Å². The second-order valence-corrected chi connectivity index (χ2v) is 6.27. The van der Waals surface area contributed by atoms with Crippen molar-refractivity contribution in [3.63, 3.8) is 0 Å². The van der Waals surface area contributed by atoms with Gasteiger partial charge in [0.25, 0.3) is 11.8 Å². The van der Waals surface area contributed by atoms with Crippen LogP contribution < -0.4 is 10.6 Å². The maximum absolute atomic E-state index is 12.1. The molecule has 1 aliphatic heterocycles. The van der Waals surface area contributed by atoms with E-state index >= 15 is 0 Å². The van der Waals surface area contributed by atoms with Gasteiger partial charge >= 0.3 is 0 Å². The van der Waals surface area contributed by atoms with Crippen LogP contribution in [0.15, 0.2) is 72.3 Å². The number of thiocarbonyl (C=S) groups is 1. The molecule has 2 heterocycles. The molecule has 27 heavy (non-hydrogen) atoms. The molecule has 2 N–H and O–H groups in total. The summed E-state index contributed by atoms with van der Waals surface area (Å²) in [5.41, 5.74) is 3.14. The molecular formula is C20H14N4O2S. The minimum Gasteiger partial charge on any atom is -0.299 e. The molecule has 2 amide bonds. The number of hydrogen-bond donors (Lipinski definition) is 2. The van der Waals surface area contributed by atoms with Gasteiger partial charge in [-0.2, -0.15) is 5.10 Å². The first kappa shape index (κ1) is 16.9. The number of carbonyl (C=O) groups is 2. The van der Waals surface area contributed by atoms with Crippen molar-refractivity contribution < 1.29 is 9.59 Å². The van der Waals surface area contributed by atoms with Crippen molar-refractivity contribution in [2.75, 3.05) is 0 Å². The number of rotatable bonds is 3. The molecule has 6 nitrogen and oxygen atoms in total. The van der Waals surface area contributed by atoms with Gasteiger partial charge in [0.1, 0.15) is 5.57 Å². The number of nitrogens with zero attached hydrogens (tertiary/aromatic N) is 2. The van der Waals surface area contributed by atoms with Gasteiger partial charge in [-0.15, -0.1) is 0 Å². The monoisotopic (exact) mass is 374 g/mol. The van der Waals surface area contributed by atoms with E-state index in [1.807, 2.05) is 66.7 Å². The van der Waals surface area contributed by atoms with E-state index in [2.05, 4.69) is 15.7 Å². The van der Waals surface area contributed by atoms with Crippen LogP contribution in [0.3, 0.4) is 0 Å². The summed E-state index contributed by atoms with van der Waals surface area (Å²) in [7, 11) is 0. The van der Waals surface area contributed by atoms with Crippen molar-refractivity contribution in [2.24, 2.45) is 0 Å². The van der Waals surface area contributed by atoms with Crippen LogP contribution in [-0.2, 0) is 9.59 Å². The molecule has 0 aliphatic carbocycles. The van der Waals surface area contributed by atoms with Gasteiger partial charge in [-0.05, 0) is 36.5 Å². The molecule has 0 atom stereocenters. The molecular weight excluding hydrogens is 360 g/mol. The van der Waals surface area contributed by atoms with E-state index in [4.69, 9.17) is 12.2 Å². The first-order chi connectivity index (χ1) is 13.1. The quantitative estimate of drug-likeness (QED) is 0.419. The highest BCUT2D eigenvalue weighted by Crippen LogP contribution is 2.25. The van der Waals surface area contributed by atoms with E-state index < -0.39 is 11.8 Å². The van der Waals surface area contributed by atoms with E-state index in [1.165, 1.54) is 6.08 Å². The van der Waals surface area contributed by atoms with Crippen molar-refractivity contribution in [2.45, 2.75) is 0 Å². The van der Waals surface area contributed by atoms with Crippen LogP contribution in [0.1, 0.15) is 5.69 Å². The van der Waals surface area contributed by atoms with Crippen LogP contribution >= 0.6 is 12.2 Å². The van der Waals surface area contributed by atoms with Gasteiger partial charge in [0, 0.05) is 5.56 Å². The number of hydrogen-bond acceptors (Lipinski definition) is 4. The zero-order chi connectivity index (χ0) is 18.8. The highest BCUT2D eigenvalue weighted by molar-refractivity contribution is 7.80. The Morgan fingerprint density at radius 3 is 2.11 bits per heavy atom. The third-order valence-electron chi connectivity index (χ3n) is 4.03. The Bertz CT molecular complexity index is 993. The first-order valence-corrected chi connectivity index (χ1v) is 8.62. The SMILES string of the molecule is O=C1NC(=S)NC(=O)C1=Cc1cc(-c2ccccc2)n(-c2ccccc2)n1. The molecule has 1 saturated heterocycles. The molecule has 2 aromatic carbocycles. The Balaban J connectivity index is 1.83. The minimum atomic E-state index is -0.542. The Hall–Kier alpha value is -3.58. The largest absolute Gasteiger partial charge is 0.299 e. The van der Waals surface area contributed by atoms with Crippen LogP contribution in [0.4, 0.5) is 0 Å². The second-order valence-electron chi connectivity index (χ2n) is 5.86. The third kappa shape index (κ3) is 3.40. The Kier molecular flexibility index (Phi) is 4.35. The molecule has 1 aliphatic rings. The molecule has 132 valence electrons. The van der Waals surface area contributed by atoms with Crippen molar-refractivity contribution >= 4 is 35.2 Å². The summed E-state index contributed by atoms with van der Waals surface area (Å²) in [5.74, 6) is -1.08. The Morgan fingerprint density at radius 2 is 1.48 bits per heavy atom. The van der Waals surface area contributed by atoms with Gasteiger partial charge in [-0.1, -0.05) is 48.5 Å². The minimum absolute atomic E-state index is 0.00180. The average molecular weight is 374 g/mol. The van der Waals surface area contributed by atoms with E-state index in [1.54, 1.807) is 4.68 Å². The number of aromatic nitrogens is 2. The summed E-state index contributed by atoms with van der Waals surface area (Å²) >= 11 is 4.82. The van der Waals surface area contributed by atoms with Crippen LogP contribution in [0, 0.1) is 0 Å². The average Bonchev–Trinajstić information content (AvgIpc) is 3.10. The lowest BCUT2D eigenvalue weighted by Gasteiger charge is -2.15. The molecule has 0 spiro atoms. The maximum atomic E-state index is 12.1. The maximum Gasteiger partial charge on any atom is 0.263 e. The number of amides is 2. The fraction of sp³-hybridized carbons (Fsp3) is 0. The normalized spacial score (nSPS) is 13.9. The molecule has 3 aromatic rings. The van der Waals surface area contributed by atoms with Gasteiger partial charge in [0.2, 0.25) is 0 Å². The lowest BCUT2D eigenvalue weighted by atomic mass is 10.1. The molecule has 4 rings (SSSR count). The summed E-state index contributed by atoms with van der Waals surface area (Å²) in [6.45, 7) is 0. The summed E-state index contributed by atoms with van der Waals surface area (Å²) in [4.78, 5) is 24.2. The summed E-state index contributed by atoms with van der Waals surface area (Å²) in [5, 5.41) is 9.43. The Morgan fingerprint density at radius 1 is 0.889 bits per heavy atom. The second kappa shape index (κ2) is 6.97. The predicted molar refractivity (Wildman–Crippen MR) is 106 cm³/mol. The third-order valence-corrected chi connectivity index (χ3v) is 4.24. The van der Waals surface area contributed by atoms with Gasteiger partial charge in [0.15, 0.2) is 5.11 Å². The van der Waals surface area contributed by atoms with E-state index in [0.29, 0.717) is 5.69 Å². The van der Waals surface area contributed by atoms with E-state index in [0.717, 1.165) is 16.9 Å². The predicted octanol–water partition coefficient (Wildman–Crippen LogP) is 2.45. The number of benzene rings is 2. The van der Waals surface area contributed by atoms with Crippen LogP contribution in [-0.4, -0.2) is 26.7 Å². The van der Waals surface area contributed by atoms with Crippen molar-refractivity contribution in [1.82, 2.24) is 20.4 Å². The van der Waals surface area contributed by atoms with Crippen LogP contribution in [0.2, 0.25) is 0 Å². The highest BCUT2D eigenvalue weighted by Gasteiger charge is 2.26. The summed E-state index contributed by atoms with van der Waals surface area (Å²) in [6.07, 6.45) is 1.46. The number of para-hydroxylation sites is 1. The van der Waals surface area contributed by atoms with Crippen molar-refractivity contribution in [3.05, 3.63) is 78.0 Å². The molecule has 0 unspecified atom stereocenters.